The van der Waals surface area contributed by atoms with Gasteiger partial charge >= 0.3 is 0 Å². The zero-order chi connectivity index (χ0) is 18.7. The average molecular weight is 408 g/mol. The molecule has 138 valence electrons. The number of nitrogens with zero attached hydrogens (tertiary/aromatic N) is 2. The SMILES string of the molecule is Cc1cccc(NC(=S)N2CCN(Cc3c(Cl)cccc3Cl)CC2)c1C. The van der Waals surface area contributed by atoms with E-state index in [1.165, 1.54) is 11.1 Å². The van der Waals surface area contributed by atoms with Gasteiger partial charge in [-0.25, -0.2) is 0 Å². The van der Waals surface area contributed by atoms with Gasteiger partial charge in [0, 0.05) is 54.0 Å². The van der Waals surface area contributed by atoms with Crippen LogP contribution in [-0.4, -0.2) is 41.1 Å². The molecule has 0 spiro atoms. The Morgan fingerprint density at radius 1 is 1.00 bits per heavy atom. The molecule has 0 atom stereocenters. The number of thiocarbonyl (C=S) groups is 1. The quantitative estimate of drug-likeness (QED) is 0.710. The van der Waals surface area contributed by atoms with Gasteiger partial charge in [0.25, 0.3) is 0 Å². The fourth-order valence-corrected chi connectivity index (χ4v) is 3.91. The second-order valence-corrected chi connectivity index (χ2v) is 7.84. The number of halogens is 2. The van der Waals surface area contributed by atoms with E-state index < -0.39 is 0 Å². The minimum absolute atomic E-state index is 0.729. The Morgan fingerprint density at radius 2 is 1.62 bits per heavy atom. The Labute approximate surface area is 170 Å². The molecule has 3 rings (SSSR count). The van der Waals surface area contributed by atoms with Gasteiger partial charge in [0.15, 0.2) is 5.11 Å². The van der Waals surface area contributed by atoms with Crippen molar-refractivity contribution in [2.24, 2.45) is 0 Å². The average Bonchev–Trinajstić information content (AvgIpc) is 2.63. The van der Waals surface area contributed by atoms with E-state index in [1.54, 1.807) is 0 Å². The van der Waals surface area contributed by atoms with Crippen LogP contribution < -0.4 is 5.32 Å². The van der Waals surface area contributed by atoms with Crippen LogP contribution in [0.3, 0.4) is 0 Å². The summed E-state index contributed by atoms with van der Waals surface area (Å²) in [5.74, 6) is 0. The third-order valence-corrected chi connectivity index (χ3v) is 6.02. The number of anilines is 1. The van der Waals surface area contributed by atoms with Crippen molar-refractivity contribution in [2.75, 3.05) is 31.5 Å². The molecule has 1 aliphatic rings. The highest BCUT2D eigenvalue weighted by atomic mass is 35.5. The fourth-order valence-electron chi connectivity index (χ4n) is 3.10. The number of hydrogen-bond donors (Lipinski definition) is 1. The van der Waals surface area contributed by atoms with Gasteiger partial charge in [-0.2, -0.15) is 0 Å². The van der Waals surface area contributed by atoms with Crippen molar-refractivity contribution in [1.29, 1.82) is 0 Å². The van der Waals surface area contributed by atoms with E-state index in [9.17, 15) is 0 Å². The van der Waals surface area contributed by atoms with Crippen LogP contribution in [0, 0.1) is 13.8 Å². The first-order chi connectivity index (χ1) is 12.5. The highest BCUT2D eigenvalue weighted by Crippen LogP contribution is 2.26. The van der Waals surface area contributed by atoms with Crippen LogP contribution in [-0.2, 0) is 6.54 Å². The minimum atomic E-state index is 0.729. The van der Waals surface area contributed by atoms with Crippen LogP contribution in [0.25, 0.3) is 0 Å². The smallest absolute Gasteiger partial charge is 0.173 e. The third kappa shape index (κ3) is 4.49. The molecule has 2 aromatic rings. The first-order valence-electron chi connectivity index (χ1n) is 8.73. The van der Waals surface area contributed by atoms with E-state index in [0.29, 0.717) is 0 Å². The van der Waals surface area contributed by atoms with Gasteiger partial charge in [-0.1, -0.05) is 41.4 Å². The Morgan fingerprint density at radius 3 is 2.27 bits per heavy atom. The lowest BCUT2D eigenvalue weighted by Gasteiger charge is -2.36. The van der Waals surface area contributed by atoms with E-state index in [4.69, 9.17) is 35.4 Å². The third-order valence-electron chi connectivity index (χ3n) is 4.95. The van der Waals surface area contributed by atoms with Gasteiger partial charge in [0.05, 0.1) is 0 Å². The van der Waals surface area contributed by atoms with E-state index in [2.05, 4.69) is 47.2 Å². The molecule has 0 radical (unpaired) electrons. The summed E-state index contributed by atoms with van der Waals surface area (Å²) in [6.07, 6.45) is 0. The summed E-state index contributed by atoms with van der Waals surface area (Å²) in [6, 6.07) is 11.9. The van der Waals surface area contributed by atoms with Crippen LogP contribution in [0.1, 0.15) is 16.7 Å². The molecule has 0 unspecified atom stereocenters. The van der Waals surface area contributed by atoms with Crippen LogP contribution >= 0.6 is 35.4 Å². The summed E-state index contributed by atoms with van der Waals surface area (Å²) in [4.78, 5) is 4.59. The van der Waals surface area contributed by atoms with E-state index >= 15 is 0 Å². The second kappa shape index (κ2) is 8.57. The lowest BCUT2D eigenvalue weighted by molar-refractivity contribution is 0.177. The molecule has 0 saturated carbocycles. The highest BCUT2D eigenvalue weighted by Gasteiger charge is 2.20. The largest absolute Gasteiger partial charge is 0.346 e. The monoisotopic (exact) mass is 407 g/mol. The molecule has 0 amide bonds. The number of aryl methyl sites for hydroxylation is 1. The standard InChI is InChI=1S/C20H23Cl2N3S/c1-14-5-3-8-19(15(14)2)23-20(26)25-11-9-24(10-12-25)13-16-17(21)6-4-7-18(16)22/h3-8H,9-13H2,1-2H3,(H,23,26). The summed E-state index contributed by atoms with van der Waals surface area (Å²) >= 11 is 18.2. The summed E-state index contributed by atoms with van der Waals surface area (Å²) in [5.41, 5.74) is 4.58. The van der Waals surface area contributed by atoms with Crippen LogP contribution in [0.4, 0.5) is 5.69 Å². The molecule has 1 heterocycles. The maximum absolute atomic E-state index is 6.29. The summed E-state index contributed by atoms with van der Waals surface area (Å²) in [7, 11) is 0. The van der Waals surface area contributed by atoms with E-state index in [0.717, 1.165) is 59.1 Å². The van der Waals surface area contributed by atoms with Crippen molar-refractivity contribution in [1.82, 2.24) is 9.80 Å². The summed E-state index contributed by atoms with van der Waals surface area (Å²) in [5, 5.41) is 5.64. The number of hydrogen-bond acceptors (Lipinski definition) is 2. The maximum Gasteiger partial charge on any atom is 0.173 e. The molecule has 26 heavy (non-hydrogen) atoms. The van der Waals surface area contributed by atoms with Gasteiger partial charge in [-0.05, 0) is 55.4 Å². The molecule has 1 saturated heterocycles. The van der Waals surface area contributed by atoms with E-state index in [-0.39, 0.29) is 0 Å². The first kappa shape index (κ1) is 19.4. The molecule has 2 aromatic carbocycles. The molecule has 3 nitrogen and oxygen atoms in total. The second-order valence-electron chi connectivity index (χ2n) is 6.64. The Bertz CT molecular complexity index is 781. The van der Waals surface area contributed by atoms with Crippen molar-refractivity contribution in [3.8, 4) is 0 Å². The normalized spacial score (nSPS) is 15.2. The van der Waals surface area contributed by atoms with Crippen molar-refractivity contribution >= 4 is 46.2 Å². The Kier molecular flexibility index (Phi) is 6.41. The summed E-state index contributed by atoms with van der Waals surface area (Å²) < 4.78 is 0. The fraction of sp³-hybridized carbons (Fsp3) is 0.350. The molecular formula is C20H23Cl2N3S. The Hall–Kier alpha value is -1.33. The van der Waals surface area contributed by atoms with Gasteiger partial charge in [-0.3, -0.25) is 4.90 Å². The number of rotatable bonds is 3. The zero-order valence-electron chi connectivity index (χ0n) is 15.1. The first-order valence-corrected chi connectivity index (χ1v) is 9.89. The maximum atomic E-state index is 6.29. The molecular weight excluding hydrogens is 385 g/mol. The minimum Gasteiger partial charge on any atom is -0.346 e. The van der Waals surface area contributed by atoms with Crippen molar-refractivity contribution in [3.63, 3.8) is 0 Å². The molecule has 0 bridgehead atoms. The molecule has 1 N–H and O–H groups in total. The number of piperazine rings is 1. The predicted molar refractivity (Wildman–Crippen MR) is 115 cm³/mol. The molecule has 0 aliphatic carbocycles. The summed E-state index contributed by atoms with van der Waals surface area (Å²) in [6.45, 7) is 8.63. The van der Waals surface area contributed by atoms with Crippen molar-refractivity contribution < 1.29 is 0 Å². The van der Waals surface area contributed by atoms with Gasteiger partial charge in [0.2, 0.25) is 0 Å². The van der Waals surface area contributed by atoms with Gasteiger partial charge < -0.3 is 10.2 Å². The number of benzene rings is 2. The highest BCUT2D eigenvalue weighted by molar-refractivity contribution is 7.80. The topological polar surface area (TPSA) is 18.5 Å². The van der Waals surface area contributed by atoms with Crippen LogP contribution in [0.15, 0.2) is 36.4 Å². The lowest BCUT2D eigenvalue weighted by Crippen LogP contribution is -2.49. The molecule has 0 aromatic heterocycles. The van der Waals surface area contributed by atoms with Crippen LogP contribution in [0.2, 0.25) is 10.0 Å². The molecule has 1 aliphatic heterocycles. The Balaban J connectivity index is 1.56. The number of nitrogens with one attached hydrogen (secondary N) is 1. The van der Waals surface area contributed by atoms with E-state index in [1.807, 2.05) is 18.2 Å². The van der Waals surface area contributed by atoms with Gasteiger partial charge in [0.1, 0.15) is 0 Å². The van der Waals surface area contributed by atoms with Gasteiger partial charge in [-0.15, -0.1) is 0 Å². The zero-order valence-corrected chi connectivity index (χ0v) is 17.4. The molecule has 6 heteroatoms. The van der Waals surface area contributed by atoms with Crippen LogP contribution in [0.5, 0.6) is 0 Å². The van der Waals surface area contributed by atoms with Crippen molar-refractivity contribution in [2.45, 2.75) is 20.4 Å². The molecule has 1 fully saturated rings. The lowest BCUT2D eigenvalue weighted by atomic mass is 10.1. The predicted octanol–water partition coefficient (Wildman–Crippen LogP) is 5.12. The van der Waals surface area contributed by atoms with Crippen molar-refractivity contribution in [3.05, 3.63) is 63.1 Å².